The van der Waals surface area contributed by atoms with Gasteiger partial charge in [0.2, 0.25) is 0 Å². The van der Waals surface area contributed by atoms with Crippen LogP contribution < -0.4 is 0 Å². The van der Waals surface area contributed by atoms with Crippen molar-refractivity contribution in [3.8, 4) is 0 Å². The van der Waals surface area contributed by atoms with Crippen LogP contribution in [-0.4, -0.2) is 33.4 Å². The maximum absolute atomic E-state index is 14.1. The molecular formula is C40H36N2O4. The summed E-state index contributed by atoms with van der Waals surface area (Å²) < 4.78 is 0. The first-order valence-corrected chi connectivity index (χ1v) is 17.0. The molecule has 2 aliphatic carbocycles. The fraction of sp³-hybridized carbons (Fsp3) is 0.350. The van der Waals surface area contributed by atoms with Gasteiger partial charge in [0.1, 0.15) is 0 Å². The minimum atomic E-state index is -0.249. The zero-order valence-corrected chi connectivity index (χ0v) is 26.4. The van der Waals surface area contributed by atoms with Gasteiger partial charge in [-0.05, 0) is 108 Å². The van der Waals surface area contributed by atoms with Crippen LogP contribution in [0, 0.1) is 23.9 Å². The Balaban J connectivity index is 1.22. The Labute approximate surface area is 268 Å². The minimum absolute atomic E-state index is 0.243. The van der Waals surface area contributed by atoms with Gasteiger partial charge in [0.15, 0.2) is 0 Å². The first-order valence-electron chi connectivity index (χ1n) is 17.0. The molecular weight excluding hydrogens is 572 g/mol. The smallest absolute Gasteiger partial charge is 0.262 e. The number of hydrogen-bond donors (Lipinski definition) is 0. The van der Waals surface area contributed by atoms with Crippen LogP contribution in [0.3, 0.4) is 0 Å². The van der Waals surface area contributed by atoms with Crippen molar-refractivity contribution < 1.29 is 19.2 Å². The van der Waals surface area contributed by atoms with E-state index in [1.807, 2.05) is 62.4 Å². The molecule has 2 heterocycles. The summed E-state index contributed by atoms with van der Waals surface area (Å²) in [5.41, 5.74) is 2.20. The largest absolute Gasteiger partial charge is 0.269 e. The van der Waals surface area contributed by atoms with Crippen molar-refractivity contribution in [2.24, 2.45) is 11.8 Å². The molecule has 2 aliphatic heterocycles. The highest BCUT2D eigenvalue weighted by Gasteiger charge is 2.42. The van der Waals surface area contributed by atoms with E-state index in [9.17, 15) is 19.2 Å². The molecule has 0 aromatic heterocycles. The second-order valence-corrected chi connectivity index (χ2v) is 14.0. The van der Waals surface area contributed by atoms with E-state index in [1.165, 1.54) is 22.6 Å². The number of imide groups is 2. The van der Waals surface area contributed by atoms with Crippen LogP contribution in [0.5, 0.6) is 0 Å². The second kappa shape index (κ2) is 10.1. The normalized spacial score (nSPS) is 19.8. The average Bonchev–Trinajstić information content (AvgIpc) is 3.09. The Morgan fingerprint density at radius 3 is 1.00 bits per heavy atom. The lowest BCUT2D eigenvalue weighted by Gasteiger charge is -2.37. The molecule has 4 aliphatic rings. The van der Waals surface area contributed by atoms with Gasteiger partial charge in [-0.3, -0.25) is 29.0 Å². The van der Waals surface area contributed by atoms with Crippen molar-refractivity contribution in [2.75, 3.05) is 0 Å². The zero-order valence-electron chi connectivity index (χ0n) is 26.4. The Morgan fingerprint density at radius 2 is 0.717 bits per heavy atom. The summed E-state index contributed by atoms with van der Waals surface area (Å²) in [6.45, 7) is 3.90. The molecule has 6 nitrogen and oxygen atoms in total. The number of amides is 4. The summed E-state index contributed by atoms with van der Waals surface area (Å²) in [6.07, 6.45) is 10.9. The Kier molecular flexibility index (Phi) is 6.13. The van der Waals surface area contributed by atoms with Gasteiger partial charge in [0, 0.05) is 33.0 Å². The van der Waals surface area contributed by atoms with Gasteiger partial charge >= 0.3 is 0 Å². The molecule has 5 aromatic carbocycles. The molecule has 230 valence electrons. The van der Waals surface area contributed by atoms with E-state index >= 15 is 0 Å². The van der Waals surface area contributed by atoms with Crippen LogP contribution in [0.1, 0.15) is 119 Å². The fourth-order valence-electron chi connectivity index (χ4n) is 9.31. The van der Waals surface area contributed by atoms with Crippen molar-refractivity contribution in [1.82, 2.24) is 9.80 Å². The van der Waals surface area contributed by atoms with Crippen LogP contribution in [0.4, 0.5) is 0 Å². The average molecular weight is 609 g/mol. The van der Waals surface area contributed by atoms with Crippen molar-refractivity contribution in [3.63, 3.8) is 0 Å². The first-order chi connectivity index (χ1) is 22.4. The lowest BCUT2D eigenvalue weighted by atomic mass is 9.80. The van der Waals surface area contributed by atoms with E-state index in [4.69, 9.17) is 0 Å². The summed E-state index contributed by atoms with van der Waals surface area (Å²) >= 11 is 0. The third kappa shape index (κ3) is 3.64. The molecule has 0 saturated heterocycles. The van der Waals surface area contributed by atoms with Crippen molar-refractivity contribution in [3.05, 3.63) is 82.9 Å². The van der Waals surface area contributed by atoms with E-state index in [1.54, 1.807) is 0 Å². The number of carbonyl (C=O) groups is 4. The fourth-order valence-corrected chi connectivity index (χ4v) is 9.31. The summed E-state index contributed by atoms with van der Waals surface area (Å²) in [5, 5.41) is 6.85. The maximum atomic E-state index is 14.1. The van der Waals surface area contributed by atoms with E-state index in [0.717, 1.165) is 95.8 Å². The highest BCUT2D eigenvalue weighted by atomic mass is 16.2. The minimum Gasteiger partial charge on any atom is -0.269 e. The van der Waals surface area contributed by atoms with E-state index in [-0.39, 0.29) is 35.5 Å². The monoisotopic (exact) mass is 608 g/mol. The molecule has 0 bridgehead atoms. The van der Waals surface area contributed by atoms with Gasteiger partial charge in [-0.25, -0.2) is 0 Å². The predicted molar refractivity (Wildman–Crippen MR) is 180 cm³/mol. The molecule has 6 heteroatoms. The van der Waals surface area contributed by atoms with Gasteiger partial charge in [0.05, 0.1) is 12.1 Å². The van der Waals surface area contributed by atoms with Gasteiger partial charge < -0.3 is 0 Å². The van der Waals surface area contributed by atoms with Crippen LogP contribution in [0.25, 0.3) is 43.1 Å². The van der Waals surface area contributed by atoms with Crippen molar-refractivity contribution in [2.45, 2.75) is 78.1 Å². The van der Waals surface area contributed by atoms with Crippen LogP contribution in [0.2, 0.25) is 0 Å². The number of rotatable bonds is 4. The quantitative estimate of drug-likeness (QED) is 0.116. The molecule has 0 spiro atoms. The summed E-state index contributed by atoms with van der Waals surface area (Å²) in [4.78, 5) is 59.2. The van der Waals surface area contributed by atoms with E-state index < -0.39 is 0 Å². The molecule has 2 fully saturated rings. The van der Waals surface area contributed by atoms with E-state index in [2.05, 4.69) is 0 Å². The summed E-state index contributed by atoms with van der Waals surface area (Å²) in [7, 11) is 0. The molecule has 46 heavy (non-hydrogen) atoms. The first kappa shape index (κ1) is 27.9. The highest BCUT2D eigenvalue weighted by molar-refractivity contribution is 6.41. The van der Waals surface area contributed by atoms with Crippen LogP contribution in [-0.2, 0) is 0 Å². The number of nitrogens with zero attached hydrogens (tertiary/aromatic N) is 2. The summed E-state index contributed by atoms with van der Waals surface area (Å²) in [5.74, 6) is -0.509. The molecule has 9 rings (SSSR count). The number of benzene rings is 5. The molecule has 2 radical (unpaired) electrons. The molecule has 0 N–H and O–H groups in total. The molecule has 0 unspecified atom stereocenters. The van der Waals surface area contributed by atoms with Crippen LogP contribution in [0.15, 0.2) is 48.5 Å². The standard InChI is InChI=1S/C40H36N2O4/c1-21(23-9-5-3-6-10-23)41-37(43)29-17-13-25-27-15-19-31-36-32(40(46)42(39(31)45)22(2)24-11-7-4-8-12-24)20-16-28(34(27)36)26-14-18-30(38(41)44)35(29)33(25)26/h13-20,23-24H,3-12H2,1-2H3. The zero-order chi connectivity index (χ0) is 31.4. The van der Waals surface area contributed by atoms with Gasteiger partial charge in [-0.2, -0.15) is 0 Å². The maximum Gasteiger partial charge on any atom is 0.262 e. The lowest BCUT2D eigenvalue weighted by Crippen LogP contribution is -2.44. The highest BCUT2D eigenvalue weighted by Crippen LogP contribution is 2.48. The van der Waals surface area contributed by atoms with Crippen molar-refractivity contribution >= 4 is 66.7 Å². The molecule has 4 amide bonds. The predicted octanol–water partition coefficient (Wildman–Crippen LogP) is 9.19. The lowest BCUT2D eigenvalue weighted by molar-refractivity contribution is 0.0570. The number of carbonyl (C=O) groups excluding carboxylic acids is 4. The third-order valence-corrected chi connectivity index (χ3v) is 11.7. The SMILES string of the molecule is C[C](C1CCCCC1)N1C(=O)c2ccc3c4ccc5c6c(ccc(c7ccc(c2c37)C1=O)c64)C(=O)N([C](C)C1CCCCC1)C5=O. The number of fused-ring (bicyclic) bond motifs is 2. The van der Waals surface area contributed by atoms with Crippen molar-refractivity contribution in [1.29, 1.82) is 0 Å². The molecule has 0 atom stereocenters. The number of hydrogen-bond acceptors (Lipinski definition) is 4. The Morgan fingerprint density at radius 1 is 0.435 bits per heavy atom. The van der Waals surface area contributed by atoms with Crippen LogP contribution >= 0.6 is 0 Å². The topological polar surface area (TPSA) is 74.8 Å². The van der Waals surface area contributed by atoms with Gasteiger partial charge in [-0.1, -0.05) is 62.8 Å². The Bertz CT molecular complexity index is 1880. The van der Waals surface area contributed by atoms with Gasteiger partial charge in [0.25, 0.3) is 23.6 Å². The van der Waals surface area contributed by atoms with Gasteiger partial charge in [-0.15, -0.1) is 0 Å². The second-order valence-electron chi connectivity index (χ2n) is 14.0. The third-order valence-electron chi connectivity index (χ3n) is 11.7. The summed E-state index contributed by atoms with van der Waals surface area (Å²) in [6, 6.07) is 17.1. The Hall–Kier alpha value is -4.32. The molecule has 2 saturated carbocycles. The molecule has 5 aromatic rings. The van der Waals surface area contributed by atoms with E-state index in [0.29, 0.717) is 33.0 Å².